The Morgan fingerprint density at radius 1 is 1.00 bits per heavy atom. The van der Waals surface area contributed by atoms with Gasteiger partial charge in [0.15, 0.2) is 19.7 Å². The van der Waals surface area contributed by atoms with Crippen LogP contribution in [-0.2, 0) is 19.7 Å². The van der Waals surface area contributed by atoms with E-state index in [9.17, 15) is 16.8 Å². The van der Waals surface area contributed by atoms with Crippen LogP contribution in [0.3, 0.4) is 0 Å². The van der Waals surface area contributed by atoms with Gasteiger partial charge in [-0.2, -0.15) is 0 Å². The molecular weight excluding hydrogens is 448 g/mol. The number of ether oxygens (including phenoxy) is 1. The van der Waals surface area contributed by atoms with Gasteiger partial charge in [-0.15, -0.1) is 0 Å². The molecule has 0 bridgehead atoms. The molecule has 0 radical (unpaired) electrons. The summed E-state index contributed by atoms with van der Waals surface area (Å²) in [5, 5.41) is -0.962. The highest BCUT2D eigenvalue weighted by molar-refractivity contribution is 7.96. The van der Waals surface area contributed by atoms with Crippen molar-refractivity contribution in [1.82, 2.24) is 4.90 Å². The van der Waals surface area contributed by atoms with Gasteiger partial charge in [-0.3, -0.25) is 4.90 Å². The predicted molar refractivity (Wildman–Crippen MR) is 126 cm³/mol. The summed E-state index contributed by atoms with van der Waals surface area (Å²) in [6.07, 6.45) is 0. The van der Waals surface area contributed by atoms with Crippen LogP contribution in [0.4, 0.5) is 5.69 Å². The molecule has 7 nitrogen and oxygen atoms in total. The van der Waals surface area contributed by atoms with Gasteiger partial charge in [0.1, 0.15) is 5.75 Å². The van der Waals surface area contributed by atoms with Crippen LogP contribution < -0.4 is 9.64 Å². The maximum Gasteiger partial charge on any atom is 0.183 e. The fraction of sp³-hybridized carbons (Fsp3) is 0.478. The van der Waals surface area contributed by atoms with Crippen LogP contribution in [0.5, 0.6) is 5.75 Å². The van der Waals surface area contributed by atoms with E-state index < -0.39 is 31.0 Å². The second-order valence-electron chi connectivity index (χ2n) is 8.49. The molecule has 0 saturated carbocycles. The molecule has 0 amide bonds. The molecular formula is C23H30N2O5S2. The highest BCUT2D eigenvalue weighted by Gasteiger charge is 2.48. The normalized spacial score (nSPS) is 23.9. The fourth-order valence-electron chi connectivity index (χ4n) is 4.64. The monoisotopic (exact) mass is 478 g/mol. The van der Waals surface area contributed by atoms with Gasteiger partial charge >= 0.3 is 0 Å². The number of sulfone groups is 2. The number of rotatable bonds is 6. The van der Waals surface area contributed by atoms with E-state index in [1.165, 1.54) is 17.7 Å². The summed E-state index contributed by atoms with van der Waals surface area (Å²) in [4.78, 5) is 4.46. The Balaban J connectivity index is 1.53. The summed E-state index contributed by atoms with van der Waals surface area (Å²) in [5.41, 5.74) is 2.33. The van der Waals surface area contributed by atoms with Crippen LogP contribution in [0.1, 0.15) is 12.5 Å². The van der Waals surface area contributed by atoms with Gasteiger partial charge in [0.2, 0.25) is 0 Å². The third-order valence-electron chi connectivity index (χ3n) is 6.28. The molecule has 0 aromatic heterocycles. The summed E-state index contributed by atoms with van der Waals surface area (Å²) in [5.74, 6) is 0.151. The highest BCUT2D eigenvalue weighted by Crippen LogP contribution is 2.31. The van der Waals surface area contributed by atoms with Crippen molar-refractivity contribution >= 4 is 25.4 Å². The van der Waals surface area contributed by atoms with Crippen molar-refractivity contribution < 1.29 is 21.6 Å². The Hall–Kier alpha value is -2.10. The Morgan fingerprint density at radius 2 is 1.69 bits per heavy atom. The molecule has 2 aromatic rings. The zero-order chi connectivity index (χ0) is 22.9. The molecule has 0 N–H and O–H groups in total. The molecule has 32 heavy (non-hydrogen) atoms. The van der Waals surface area contributed by atoms with Crippen LogP contribution in [0.25, 0.3) is 0 Å². The molecule has 2 aliphatic heterocycles. The van der Waals surface area contributed by atoms with Crippen LogP contribution in [-0.4, -0.2) is 77.3 Å². The van der Waals surface area contributed by atoms with Crippen molar-refractivity contribution in [1.29, 1.82) is 0 Å². The van der Waals surface area contributed by atoms with Gasteiger partial charge in [0, 0.05) is 37.9 Å². The molecule has 2 unspecified atom stereocenters. The maximum atomic E-state index is 13.4. The lowest BCUT2D eigenvalue weighted by molar-refractivity contribution is 0.201. The molecule has 174 valence electrons. The van der Waals surface area contributed by atoms with E-state index in [1.807, 2.05) is 17.9 Å². The van der Waals surface area contributed by atoms with Gasteiger partial charge in [0.05, 0.1) is 28.3 Å². The minimum atomic E-state index is -3.80. The van der Waals surface area contributed by atoms with Gasteiger partial charge in [-0.25, -0.2) is 16.8 Å². The topological polar surface area (TPSA) is 84.0 Å². The Bertz CT molecular complexity index is 1160. The fourth-order valence-corrected chi connectivity index (χ4v) is 9.47. The van der Waals surface area contributed by atoms with E-state index in [0.29, 0.717) is 25.4 Å². The summed E-state index contributed by atoms with van der Waals surface area (Å²) >= 11 is 0. The van der Waals surface area contributed by atoms with Crippen molar-refractivity contribution in [2.45, 2.75) is 30.0 Å². The molecule has 2 aliphatic rings. The zero-order valence-electron chi connectivity index (χ0n) is 18.5. The van der Waals surface area contributed by atoms with E-state index in [0.717, 1.165) is 18.8 Å². The molecule has 2 atom stereocenters. The van der Waals surface area contributed by atoms with E-state index in [4.69, 9.17) is 4.74 Å². The predicted octanol–water partition coefficient (Wildman–Crippen LogP) is 2.16. The molecule has 4 rings (SSSR count). The first-order valence-electron chi connectivity index (χ1n) is 10.9. The van der Waals surface area contributed by atoms with Crippen LogP contribution in [0, 0.1) is 6.92 Å². The van der Waals surface area contributed by atoms with Crippen molar-refractivity contribution in [3.05, 3.63) is 54.1 Å². The van der Waals surface area contributed by atoms with E-state index in [1.54, 1.807) is 12.1 Å². The van der Waals surface area contributed by atoms with Gasteiger partial charge < -0.3 is 9.64 Å². The van der Waals surface area contributed by atoms with Gasteiger partial charge in [0.25, 0.3) is 0 Å². The standard InChI is InChI=1S/C23H30N2O5S2/c1-3-30-20-7-9-21(10-8-20)32(28,29)23-17-31(26,27)16-22(23)25-13-11-24(12-14-25)19-6-4-5-18(2)15-19/h4-10,15,22-23H,3,11-14,16-17H2,1-2H3. The maximum absolute atomic E-state index is 13.4. The quantitative estimate of drug-likeness (QED) is 0.629. The molecule has 9 heteroatoms. The number of nitrogens with zero attached hydrogens (tertiary/aromatic N) is 2. The largest absolute Gasteiger partial charge is 0.494 e. The second kappa shape index (κ2) is 9.03. The van der Waals surface area contributed by atoms with Crippen molar-refractivity contribution in [3.63, 3.8) is 0 Å². The molecule has 2 fully saturated rings. The lowest BCUT2D eigenvalue weighted by Crippen LogP contribution is -2.55. The number of anilines is 1. The first-order chi connectivity index (χ1) is 15.2. The third kappa shape index (κ3) is 4.79. The van der Waals surface area contributed by atoms with Crippen LogP contribution in [0.15, 0.2) is 53.4 Å². The van der Waals surface area contributed by atoms with Crippen molar-refractivity contribution in [2.75, 3.05) is 49.2 Å². The smallest absolute Gasteiger partial charge is 0.183 e. The number of benzene rings is 2. The summed E-state index contributed by atoms with van der Waals surface area (Å²) in [7, 11) is -7.23. The number of hydrogen-bond donors (Lipinski definition) is 0. The minimum Gasteiger partial charge on any atom is -0.494 e. The SMILES string of the molecule is CCOc1ccc(S(=O)(=O)C2CS(=O)(=O)CC2N2CCN(c3cccc(C)c3)CC2)cc1. The summed E-state index contributed by atoms with van der Waals surface area (Å²) < 4.78 is 57.3. The Labute approximate surface area is 190 Å². The Kier molecular flexibility index (Phi) is 6.51. The van der Waals surface area contributed by atoms with E-state index in [2.05, 4.69) is 30.0 Å². The lowest BCUT2D eigenvalue weighted by atomic mass is 10.1. The first-order valence-corrected chi connectivity index (χ1v) is 14.3. The van der Waals surface area contributed by atoms with E-state index >= 15 is 0 Å². The van der Waals surface area contributed by atoms with Gasteiger partial charge in [-0.1, -0.05) is 12.1 Å². The van der Waals surface area contributed by atoms with Crippen LogP contribution >= 0.6 is 0 Å². The Morgan fingerprint density at radius 3 is 2.31 bits per heavy atom. The van der Waals surface area contributed by atoms with Crippen molar-refractivity contribution in [2.24, 2.45) is 0 Å². The molecule has 2 saturated heterocycles. The average molecular weight is 479 g/mol. The molecule has 0 aliphatic carbocycles. The average Bonchev–Trinajstić information content (AvgIpc) is 3.11. The number of hydrogen-bond acceptors (Lipinski definition) is 7. The molecule has 0 spiro atoms. The van der Waals surface area contributed by atoms with Gasteiger partial charge in [-0.05, 0) is 55.8 Å². The molecule has 2 aromatic carbocycles. The third-order valence-corrected chi connectivity index (χ3v) is 10.4. The number of aryl methyl sites for hydroxylation is 1. The van der Waals surface area contributed by atoms with E-state index in [-0.39, 0.29) is 16.4 Å². The zero-order valence-corrected chi connectivity index (χ0v) is 20.1. The summed E-state index contributed by atoms with van der Waals surface area (Å²) in [6.45, 7) is 7.12. The van der Waals surface area contributed by atoms with Crippen molar-refractivity contribution in [3.8, 4) is 5.75 Å². The number of piperazine rings is 1. The summed E-state index contributed by atoms with van der Waals surface area (Å²) in [6, 6.07) is 14.0. The van der Waals surface area contributed by atoms with Crippen LogP contribution in [0.2, 0.25) is 0 Å². The minimum absolute atomic E-state index is 0.113. The first kappa shape index (κ1) is 23.1. The highest BCUT2D eigenvalue weighted by atomic mass is 32.2. The second-order valence-corrected chi connectivity index (χ2v) is 12.8. The lowest BCUT2D eigenvalue weighted by Gasteiger charge is -2.40. The molecule has 2 heterocycles.